The SMILES string of the molecule is CC(=O)NC(C(=O)NNC(=O)c1nn(Cc2ccccc2)c(=O)c2ccccc12)C(C)C. The van der Waals surface area contributed by atoms with Gasteiger partial charge in [0.2, 0.25) is 5.91 Å². The molecule has 1 unspecified atom stereocenters. The number of nitrogens with zero attached hydrogens (tertiary/aromatic N) is 2. The van der Waals surface area contributed by atoms with Crippen molar-refractivity contribution in [2.24, 2.45) is 5.92 Å². The van der Waals surface area contributed by atoms with Crippen LogP contribution in [-0.2, 0) is 16.1 Å². The fourth-order valence-corrected chi connectivity index (χ4v) is 3.28. The summed E-state index contributed by atoms with van der Waals surface area (Å²) in [6.07, 6.45) is 0. The van der Waals surface area contributed by atoms with Gasteiger partial charge in [0.05, 0.1) is 11.9 Å². The molecule has 0 aliphatic rings. The van der Waals surface area contributed by atoms with Crippen LogP contribution in [0.1, 0.15) is 36.8 Å². The number of benzene rings is 2. The fourth-order valence-electron chi connectivity index (χ4n) is 3.28. The van der Waals surface area contributed by atoms with Crippen molar-refractivity contribution < 1.29 is 14.4 Å². The third-order valence-electron chi connectivity index (χ3n) is 4.87. The number of carbonyl (C=O) groups is 3. The lowest BCUT2D eigenvalue weighted by Crippen LogP contribution is -2.54. The Morgan fingerprint density at radius 1 is 0.938 bits per heavy atom. The lowest BCUT2D eigenvalue weighted by Gasteiger charge is -2.21. The molecule has 32 heavy (non-hydrogen) atoms. The van der Waals surface area contributed by atoms with E-state index >= 15 is 0 Å². The summed E-state index contributed by atoms with van der Waals surface area (Å²) in [6, 6.07) is 15.1. The topological polar surface area (TPSA) is 122 Å². The Balaban J connectivity index is 1.89. The van der Waals surface area contributed by atoms with Crippen LogP contribution in [0.4, 0.5) is 0 Å². The maximum absolute atomic E-state index is 12.9. The number of aromatic nitrogens is 2. The van der Waals surface area contributed by atoms with E-state index in [0.29, 0.717) is 10.8 Å². The average Bonchev–Trinajstić information content (AvgIpc) is 2.78. The van der Waals surface area contributed by atoms with Gasteiger partial charge in [0, 0.05) is 12.3 Å². The zero-order valence-corrected chi connectivity index (χ0v) is 18.1. The molecular formula is C23H25N5O4. The van der Waals surface area contributed by atoms with Crippen molar-refractivity contribution in [3.05, 3.63) is 76.2 Å². The summed E-state index contributed by atoms with van der Waals surface area (Å²) in [4.78, 5) is 49.6. The molecule has 9 heteroatoms. The van der Waals surface area contributed by atoms with Gasteiger partial charge in [-0.3, -0.25) is 30.0 Å². The highest BCUT2D eigenvalue weighted by Crippen LogP contribution is 2.14. The van der Waals surface area contributed by atoms with Gasteiger partial charge in [-0.1, -0.05) is 62.4 Å². The van der Waals surface area contributed by atoms with E-state index in [2.05, 4.69) is 21.3 Å². The molecule has 3 amide bonds. The van der Waals surface area contributed by atoms with Crippen molar-refractivity contribution in [3.63, 3.8) is 0 Å². The number of carbonyl (C=O) groups excluding carboxylic acids is 3. The van der Waals surface area contributed by atoms with Gasteiger partial charge < -0.3 is 5.32 Å². The molecular weight excluding hydrogens is 410 g/mol. The zero-order chi connectivity index (χ0) is 23.3. The summed E-state index contributed by atoms with van der Waals surface area (Å²) in [6.45, 7) is 5.05. The van der Waals surface area contributed by atoms with Crippen LogP contribution in [0.5, 0.6) is 0 Å². The number of nitrogens with one attached hydrogen (secondary N) is 3. The highest BCUT2D eigenvalue weighted by molar-refractivity contribution is 6.05. The summed E-state index contributed by atoms with van der Waals surface area (Å²) in [7, 11) is 0. The Labute approximate surface area is 184 Å². The van der Waals surface area contributed by atoms with Gasteiger partial charge in [-0.15, -0.1) is 0 Å². The molecule has 0 bridgehead atoms. The second kappa shape index (κ2) is 9.86. The van der Waals surface area contributed by atoms with Crippen LogP contribution >= 0.6 is 0 Å². The van der Waals surface area contributed by atoms with Gasteiger partial charge in [-0.25, -0.2) is 4.68 Å². The van der Waals surface area contributed by atoms with E-state index in [1.165, 1.54) is 11.6 Å². The Morgan fingerprint density at radius 2 is 1.56 bits per heavy atom. The Bertz CT molecular complexity index is 1200. The molecule has 3 N–H and O–H groups in total. The first-order chi connectivity index (χ1) is 15.3. The van der Waals surface area contributed by atoms with Crippen molar-refractivity contribution in [1.82, 2.24) is 25.9 Å². The average molecular weight is 435 g/mol. The van der Waals surface area contributed by atoms with E-state index in [1.54, 1.807) is 38.1 Å². The van der Waals surface area contributed by atoms with Crippen molar-refractivity contribution in [3.8, 4) is 0 Å². The molecule has 9 nitrogen and oxygen atoms in total. The molecule has 0 radical (unpaired) electrons. The van der Waals surface area contributed by atoms with Gasteiger partial charge in [0.15, 0.2) is 5.69 Å². The first-order valence-electron chi connectivity index (χ1n) is 10.2. The number of amides is 3. The lowest BCUT2D eigenvalue weighted by molar-refractivity contribution is -0.129. The number of hydrazine groups is 1. The third kappa shape index (κ3) is 5.18. The number of hydrogen-bond donors (Lipinski definition) is 3. The molecule has 0 aliphatic heterocycles. The van der Waals surface area contributed by atoms with Gasteiger partial charge in [-0.05, 0) is 17.5 Å². The van der Waals surface area contributed by atoms with E-state index in [4.69, 9.17) is 0 Å². The molecule has 0 spiro atoms. The van der Waals surface area contributed by atoms with E-state index in [0.717, 1.165) is 5.56 Å². The highest BCUT2D eigenvalue weighted by atomic mass is 16.2. The molecule has 2 aromatic carbocycles. The van der Waals surface area contributed by atoms with Gasteiger partial charge in [0.25, 0.3) is 17.4 Å². The fraction of sp³-hybridized carbons (Fsp3) is 0.261. The number of rotatable bonds is 6. The molecule has 3 aromatic rings. The maximum Gasteiger partial charge on any atom is 0.290 e. The van der Waals surface area contributed by atoms with Crippen molar-refractivity contribution in [2.75, 3.05) is 0 Å². The Kier molecular flexibility index (Phi) is 6.99. The van der Waals surface area contributed by atoms with Crippen LogP contribution in [0.15, 0.2) is 59.4 Å². The van der Waals surface area contributed by atoms with Crippen LogP contribution in [0.2, 0.25) is 0 Å². The standard InChI is InChI=1S/C23H25N5O4/c1-14(2)19(24-15(3)29)21(30)25-26-22(31)20-17-11-7-8-12-18(17)23(32)28(27-20)13-16-9-5-4-6-10-16/h4-12,14,19H,13H2,1-3H3,(H,24,29)(H,25,30)(H,26,31). The zero-order valence-electron chi connectivity index (χ0n) is 18.1. The largest absolute Gasteiger partial charge is 0.344 e. The number of fused-ring (bicyclic) bond motifs is 1. The summed E-state index contributed by atoms with van der Waals surface area (Å²) in [5, 5.41) is 7.54. The van der Waals surface area contributed by atoms with Crippen LogP contribution in [0, 0.1) is 5.92 Å². The van der Waals surface area contributed by atoms with Crippen LogP contribution in [0.3, 0.4) is 0 Å². The summed E-state index contributed by atoms with van der Waals surface area (Å²) in [5.41, 5.74) is 5.21. The molecule has 1 aromatic heterocycles. The molecule has 1 heterocycles. The van der Waals surface area contributed by atoms with Gasteiger partial charge in [-0.2, -0.15) is 5.10 Å². The van der Waals surface area contributed by atoms with Gasteiger partial charge >= 0.3 is 0 Å². The molecule has 3 rings (SSSR count). The van der Waals surface area contributed by atoms with Crippen molar-refractivity contribution in [2.45, 2.75) is 33.4 Å². The molecule has 0 aliphatic carbocycles. The van der Waals surface area contributed by atoms with E-state index in [9.17, 15) is 19.2 Å². The van der Waals surface area contributed by atoms with Crippen LogP contribution in [0.25, 0.3) is 10.8 Å². The van der Waals surface area contributed by atoms with Crippen molar-refractivity contribution in [1.29, 1.82) is 0 Å². The maximum atomic E-state index is 12.9. The molecule has 0 fully saturated rings. The van der Waals surface area contributed by atoms with Crippen molar-refractivity contribution >= 4 is 28.5 Å². The molecule has 166 valence electrons. The normalized spacial score (nSPS) is 11.8. The van der Waals surface area contributed by atoms with Crippen LogP contribution < -0.4 is 21.7 Å². The smallest absolute Gasteiger partial charge is 0.290 e. The monoisotopic (exact) mass is 435 g/mol. The van der Waals surface area contributed by atoms with Gasteiger partial charge in [0.1, 0.15) is 6.04 Å². The summed E-state index contributed by atoms with van der Waals surface area (Å²) < 4.78 is 1.22. The predicted molar refractivity (Wildman–Crippen MR) is 120 cm³/mol. The predicted octanol–water partition coefficient (Wildman–Crippen LogP) is 1.37. The van der Waals surface area contributed by atoms with E-state index in [1.807, 2.05) is 30.3 Å². The first-order valence-corrected chi connectivity index (χ1v) is 10.2. The summed E-state index contributed by atoms with van der Waals surface area (Å²) in [5.74, 6) is -1.79. The number of hydrogen-bond acceptors (Lipinski definition) is 5. The minimum absolute atomic E-state index is 0.00273. The summed E-state index contributed by atoms with van der Waals surface area (Å²) >= 11 is 0. The van der Waals surface area contributed by atoms with Crippen LogP contribution in [-0.4, -0.2) is 33.5 Å². The molecule has 0 saturated heterocycles. The lowest BCUT2D eigenvalue weighted by atomic mass is 10.0. The molecule has 0 saturated carbocycles. The van der Waals surface area contributed by atoms with E-state index < -0.39 is 17.9 Å². The Hall–Kier alpha value is -4.01. The minimum atomic E-state index is -0.815. The molecule has 1 atom stereocenters. The van der Waals surface area contributed by atoms with E-state index in [-0.39, 0.29) is 29.6 Å². The Morgan fingerprint density at radius 3 is 2.19 bits per heavy atom. The highest BCUT2D eigenvalue weighted by Gasteiger charge is 2.24. The first kappa shape index (κ1) is 22.7. The second-order valence-corrected chi connectivity index (χ2v) is 7.71. The second-order valence-electron chi connectivity index (χ2n) is 7.71. The quantitative estimate of drug-likeness (QED) is 0.505. The third-order valence-corrected chi connectivity index (χ3v) is 4.87. The minimum Gasteiger partial charge on any atom is -0.344 e.